The number of fused-ring (bicyclic) bond motifs is 1. The summed E-state index contributed by atoms with van der Waals surface area (Å²) in [6.07, 6.45) is 0. The van der Waals surface area contributed by atoms with E-state index in [9.17, 15) is 0 Å². The summed E-state index contributed by atoms with van der Waals surface area (Å²) in [4.78, 5) is 4.11. The number of nitrogens with one attached hydrogen (secondary N) is 1. The Balaban J connectivity index is 2.87. The molecule has 0 spiro atoms. The lowest BCUT2D eigenvalue weighted by atomic mass is 10.4. The smallest absolute Gasteiger partial charge is 0.257 e. The lowest BCUT2D eigenvalue weighted by molar-refractivity contribution is 0.397. The molecule has 0 aliphatic heterocycles. The fraction of sp³-hybridized carbons (Fsp3) is 0.286. The molecule has 0 radical (unpaired) electrons. The van der Waals surface area contributed by atoms with E-state index in [0.717, 1.165) is 5.69 Å². The molecule has 68 valence electrons. The SMILES string of the molecule is COc1cc(C)n2c(=S)[nH]nc2n1. The third-order valence-corrected chi connectivity index (χ3v) is 2.03. The molecule has 0 aliphatic carbocycles. The molecular formula is C7H8N4OS. The van der Waals surface area contributed by atoms with Crippen LogP contribution in [0.2, 0.25) is 0 Å². The summed E-state index contributed by atoms with van der Waals surface area (Å²) in [5.74, 6) is 1.07. The predicted molar refractivity (Wildman–Crippen MR) is 49.5 cm³/mol. The Labute approximate surface area is 79.4 Å². The van der Waals surface area contributed by atoms with Gasteiger partial charge in [0.25, 0.3) is 5.78 Å². The molecule has 2 aromatic heterocycles. The van der Waals surface area contributed by atoms with Gasteiger partial charge in [-0.3, -0.25) is 4.40 Å². The van der Waals surface area contributed by atoms with Crippen LogP contribution in [0.15, 0.2) is 6.07 Å². The molecule has 6 heteroatoms. The van der Waals surface area contributed by atoms with Gasteiger partial charge in [-0.2, -0.15) is 4.98 Å². The van der Waals surface area contributed by atoms with E-state index in [4.69, 9.17) is 17.0 Å². The van der Waals surface area contributed by atoms with E-state index in [0.29, 0.717) is 16.4 Å². The van der Waals surface area contributed by atoms with Gasteiger partial charge >= 0.3 is 0 Å². The van der Waals surface area contributed by atoms with Crippen LogP contribution in [0.25, 0.3) is 5.78 Å². The maximum Gasteiger partial charge on any atom is 0.257 e. The molecule has 0 fully saturated rings. The Morgan fingerprint density at radius 2 is 2.38 bits per heavy atom. The first kappa shape index (κ1) is 8.18. The topological polar surface area (TPSA) is 55.2 Å². The Morgan fingerprint density at radius 1 is 1.62 bits per heavy atom. The summed E-state index contributed by atoms with van der Waals surface area (Å²) >= 11 is 5.02. The average molecular weight is 196 g/mol. The van der Waals surface area contributed by atoms with E-state index < -0.39 is 0 Å². The standard InChI is InChI=1S/C7H8N4OS/c1-4-3-5(12-2)8-6-9-10-7(13)11(4)6/h3H,1-2H3,(H,10,13). The zero-order valence-electron chi connectivity index (χ0n) is 7.24. The molecule has 0 amide bonds. The predicted octanol–water partition coefficient (Wildman–Crippen LogP) is 1.10. The number of methoxy groups -OCH3 is 1. The Hall–Kier alpha value is -1.43. The first-order chi connectivity index (χ1) is 6.22. The molecule has 0 aromatic carbocycles. The summed E-state index contributed by atoms with van der Waals surface area (Å²) in [6, 6.07) is 1.80. The number of ether oxygens (including phenoxy) is 1. The second-order valence-electron chi connectivity index (χ2n) is 2.60. The second kappa shape index (κ2) is 2.81. The van der Waals surface area contributed by atoms with Crippen LogP contribution in [0.3, 0.4) is 0 Å². The van der Waals surface area contributed by atoms with E-state index >= 15 is 0 Å². The number of aromatic nitrogens is 4. The lowest BCUT2D eigenvalue weighted by Gasteiger charge is -2.01. The van der Waals surface area contributed by atoms with Crippen LogP contribution in [0.5, 0.6) is 5.88 Å². The van der Waals surface area contributed by atoms with Crippen molar-refractivity contribution in [2.24, 2.45) is 0 Å². The van der Waals surface area contributed by atoms with E-state index in [1.54, 1.807) is 17.6 Å². The van der Waals surface area contributed by atoms with E-state index in [-0.39, 0.29) is 0 Å². The largest absolute Gasteiger partial charge is 0.481 e. The minimum absolute atomic E-state index is 0.529. The van der Waals surface area contributed by atoms with Crippen LogP contribution in [0, 0.1) is 11.7 Å². The van der Waals surface area contributed by atoms with E-state index in [1.807, 2.05) is 6.92 Å². The maximum absolute atomic E-state index is 5.02. The van der Waals surface area contributed by atoms with Crippen LogP contribution >= 0.6 is 12.2 Å². The van der Waals surface area contributed by atoms with Crippen molar-refractivity contribution in [2.45, 2.75) is 6.92 Å². The first-order valence-corrected chi connectivity index (χ1v) is 4.12. The van der Waals surface area contributed by atoms with Gasteiger partial charge in [-0.15, -0.1) is 5.10 Å². The Morgan fingerprint density at radius 3 is 3.08 bits per heavy atom. The minimum Gasteiger partial charge on any atom is -0.481 e. The van der Waals surface area contributed by atoms with Gasteiger partial charge in [-0.1, -0.05) is 0 Å². The second-order valence-corrected chi connectivity index (χ2v) is 2.99. The summed E-state index contributed by atoms with van der Waals surface area (Å²) in [6.45, 7) is 1.92. The molecule has 0 atom stereocenters. The van der Waals surface area contributed by atoms with Crippen molar-refractivity contribution in [3.05, 3.63) is 16.5 Å². The van der Waals surface area contributed by atoms with Gasteiger partial charge in [-0.25, -0.2) is 5.10 Å². The monoisotopic (exact) mass is 196 g/mol. The fourth-order valence-electron chi connectivity index (χ4n) is 1.16. The van der Waals surface area contributed by atoms with Crippen molar-refractivity contribution in [1.82, 2.24) is 19.6 Å². The summed E-state index contributed by atoms with van der Waals surface area (Å²) in [5, 5.41) is 6.61. The van der Waals surface area contributed by atoms with Gasteiger partial charge in [0.05, 0.1) is 7.11 Å². The molecule has 0 saturated heterocycles. The Kier molecular flexibility index (Phi) is 1.77. The van der Waals surface area contributed by atoms with Crippen molar-refractivity contribution >= 4 is 18.0 Å². The van der Waals surface area contributed by atoms with Crippen LogP contribution in [-0.4, -0.2) is 26.7 Å². The number of rotatable bonds is 1. The number of nitrogens with zero attached hydrogens (tertiary/aromatic N) is 3. The molecule has 1 N–H and O–H groups in total. The molecular weight excluding hydrogens is 188 g/mol. The number of aromatic amines is 1. The van der Waals surface area contributed by atoms with Crippen LogP contribution in [0.1, 0.15) is 5.69 Å². The maximum atomic E-state index is 5.02. The molecule has 0 bridgehead atoms. The average Bonchev–Trinajstić information content (AvgIpc) is 2.48. The van der Waals surface area contributed by atoms with E-state index in [1.165, 1.54) is 0 Å². The Bertz CT molecular complexity index is 501. The highest BCUT2D eigenvalue weighted by Crippen LogP contribution is 2.11. The number of hydrogen-bond donors (Lipinski definition) is 1. The van der Waals surface area contributed by atoms with Crippen molar-refractivity contribution in [3.8, 4) is 5.88 Å². The van der Waals surface area contributed by atoms with Gasteiger partial charge in [0.15, 0.2) is 0 Å². The highest BCUT2D eigenvalue weighted by atomic mass is 32.1. The molecule has 13 heavy (non-hydrogen) atoms. The lowest BCUT2D eigenvalue weighted by Crippen LogP contribution is -1.97. The molecule has 0 aliphatic rings. The normalized spacial score (nSPS) is 10.6. The van der Waals surface area contributed by atoms with Crippen LogP contribution in [0.4, 0.5) is 0 Å². The number of hydrogen-bond acceptors (Lipinski definition) is 4. The summed E-state index contributed by atoms with van der Waals surface area (Å²) in [5.41, 5.74) is 0.945. The van der Waals surface area contributed by atoms with Gasteiger partial charge in [0.1, 0.15) is 0 Å². The third-order valence-electron chi connectivity index (χ3n) is 1.76. The zero-order chi connectivity index (χ0) is 9.42. The number of aryl methyl sites for hydroxylation is 1. The highest BCUT2D eigenvalue weighted by molar-refractivity contribution is 7.71. The van der Waals surface area contributed by atoms with Crippen molar-refractivity contribution in [2.75, 3.05) is 7.11 Å². The quantitative estimate of drug-likeness (QED) is 0.694. The molecule has 0 saturated carbocycles. The minimum atomic E-state index is 0.529. The van der Waals surface area contributed by atoms with Crippen molar-refractivity contribution in [1.29, 1.82) is 0 Å². The highest BCUT2D eigenvalue weighted by Gasteiger charge is 2.04. The summed E-state index contributed by atoms with van der Waals surface area (Å²) in [7, 11) is 1.57. The van der Waals surface area contributed by atoms with Gasteiger partial charge in [0.2, 0.25) is 10.7 Å². The summed E-state index contributed by atoms with van der Waals surface area (Å²) < 4.78 is 7.29. The molecule has 2 rings (SSSR count). The van der Waals surface area contributed by atoms with E-state index in [2.05, 4.69) is 15.2 Å². The van der Waals surface area contributed by atoms with Crippen molar-refractivity contribution in [3.63, 3.8) is 0 Å². The fourth-order valence-corrected chi connectivity index (χ4v) is 1.43. The van der Waals surface area contributed by atoms with Gasteiger partial charge < -0.3 is 4.74 Å². The van der Waals surface area contributed by atoms with Crippen LogP contribution < -0.4 is 4.74 Å². The first-order valence-electron chi connectivity index (χ1n) is 3.71. The van der Waals surface area contributed by atoms with Gasteiger partial charge in [-0.05, 0) is 19.1 Å². The van der Waals surface area contributed by atoms with Gasteiger partial charge in [0, 0.05) is 11.8 Å². The molecule has 2 aromatic rings. The molecule has 5 nitrogen and oxygen atoms in total. The third kappa shape index (κ3) is 1.19. The van der Waals surface area contributed by atoms with Crippen LogP contribution in [-0.2, 0) is 0 Å². The molecule has 0 unspecified atom stereocenters. The number of H-pyrrole nitrogens is 1. The molecule has 2 heterocycles. The van der Waals surface area contributed by atoms with Crippen molar-refractivity contribution < 1.29 is 4.74 Å². The zero-order valence-corrected chi connectivity index (χ0v) is 8.05.